The summed E-state index contributed by atoms with van der Waals surface area (Å²) in [7, 11) is 1.67. The van der Waals surface area contributed by atoms with E-state index in [9.17, 15) is 4.39 Å². The standard InChI is InChI=1S/C24H26FNO/c1-18(19-6-4-3-5-7-19)26-17-16-24(20-8-12-22(25)13-9-20)21-10-14-23(27-2)15-11-21/h3-15,18,24,26H,16-17H2,1-2H3/t18-,24+/m0/s1. The molecule has 2 nitrogen and oxygen atoms in total. The van der Waals surface area contributed by atoms with Crippen LogP contribution in [-0.4, -0.2) is 13.7 Å². The number of hydrogen-bond acceptors (Lipinski definition) is 2. The Morgan fingerprint density at radius 1 is 0.815 bits per heavy atom. The third-order valence-electron chi connectivity index (χ3n) is 4.97. The maximum absolute atomic E-state index is 13.4. The minimum absolute atomic E-state index is 0.201. The van der Waals surface area contributed by atoms with Crippen LogP contribution >= 0.6 is 0 Å². The summed E-state index contributed by atoms with van der Waals surface area (Å²) in [6.45, 7) is 3.04. The molecule has 3 rings (SSSR count). The Balaban J connectivity index is 1.72. The molecule has 0 heterocycles. The van der Waals surface area contributed by atoms with Crippen LogP contribution in [0.2, 0.25) is 0 Å². The van der Waals surface area contributed by atoms with Crippen molar-refractivity contribution in [3.63, 3.8) is 0 Å². The van der Waals surface area contributed by atoms with Crippen LogP contribution in [0.25, 0.3) is 0 Å². The van der Waals surface area contributed by atoms with E-state index >= 15 is 0 Å². The smallest absolute Gasteiger partial charge is 0.123 e. The predicted octanol–water partition coefficient (Wildman–Crippen LogP) is 5.71. The normalized spacial score (nSPS) is 13.1. The number of ether oxygens (including phenoxy) is 1. The quantitative estimate of drug-likeness (QED) is 0.554. The third-order valence-corrected chi connectivity index (χ3v) is 4.97. The highest BCUT2D eigenvalue weighted by atomic mass is 19.1. The maximum Gasteiger partial charge on any atom is 0.123 e. The van der Waals surface area contributed by atoms with E-state index in [0.717, 1.165) is 24.3 Å². The summed E-state index contributed by atoms with van der Waals surface area (Å²) in [6, 6.07) is 25.7. The molecule has 0 aliphatic heterocycles. The van der Waals surface area contributed by atoms with Gasteiger partial charge < -0.3 is 10.1 Å². The van der Waals surface area contributed by atoms with Gasteiger partial charge in [0.2, 0.25) is 0 Å². The molecule has 0 saturated carbocycles. The number of rotatable bonds is 8. The molecule has 0 aliphatic carbocycles. The Bertz CT molecular complexity index is 815. The fourth-order valence-corrected chi connectivity index (χ4v) is 3.36. The van der Waals surface area contributed by atoms with Gasteiger partial charge in [-0.3, -0.25) is 0 Å². The lowest BCUT2D eigenvalue weighted by molar-refractivity contribution is 0.414. The van der Waals surface area contributed by atoms with Crippen molar-refractivity contribution in [3.8, 4) is 5.75 Å². The molecule has 0 bridgehead atoms. The van der Waals surface area contributed by atoms with Crippen LogP contribution in [0.1, 0.15) is 42.0 Å². The van der Waals surface area contributed by atoms with Gasteiger partial charge >= 0.3 is 0 Å². The lowest BCUT2D eigenvalue weighted by Gasteiger charge is -2.21. The summed E-state index contributed by atoms with van der Waals surface area (Å²) >= 11 is 0. The van der Waals surface area contributed by atoms with Crippen LogP contribution in [0, 0.1) is 5.82 Å². The van der Waals surface area contributed by atoms with Crippen LogP contribution in [0.5, 0.6) is 5.75 Å². The molecule has 2 atom stereocenters. The van der Waals surface area contributed by atoms with Gasteiger partial charge in [0.25, 0.3) is 0 Å². The van der Waals surface area contributed by atoms with Crippen LogP contribution in [0.3, 0.4) is 0 Å². The molecular weight excluding hydrogens is 337 g/mol. The van der Waals surface area contributed by atoms with Crippen molar-refractivity contribution in [1.29, 1.82) is 0 Å². The Morgan fingerprint density at radius 2 is 1.41 bits per heavy atom. The Hall–Kier alpha value is -2.65. The lowest BCUT2D eigenvalue weighted by Crippen LogP contribution is -2.21. The molecule has 1 N–H and O–H groups in total. The van der Waals surface area contributed by atoms with Crippen molar-refractivity contribution in [2.75, 3.05) is 13.7 Å². The van der Waals surface area contributed by atoms with Gasteiger partial charge in [0.1, 0.15) is 11.6 Å². The number of nitrogens with one attached hydrogen (secondary N) is 1. The summed E-state index contributed by atoms with van der Waals surface area (Å²) < 4.78 is 18.6. The van der Waals surface area contributed by atoms with E-state index in [2.05, 4.69) is 48.6 Å². The number of hydrogen-bond donors (Lipinski definition) is 1. The van der Waals surface area contributed by atoms with E-state index in [1.165, 1.54) is 23.3 Å². The maximum atomic E-state index is 13.4. The zero-order valence-electron chi connectivity index (χ0n) is 15.9. The zero-order valence-corrected chi connectivity index (χ0v) is 15.9. The number of methoxy groups -OCH3 is 1. The summed E-state index contributed by atoms with van der Waals surface area (Å²) in [5.74, 6) is 0.836. The summed E-state index contributed by atoms with van der Waals surface area (Å²) in [6.07, 6.45) is 0.926. The Labute approximate surface area is 161 Å². The fourth-order valence-electron chi connectivity index (χ4n) is 3.36. The minimum Gasteiger partial charge on any atom is -0.497 e. The van der Waals surface area contributed by atoms with Crippen LogP contribution in [0.4, 0.5) is 4.39 Å². The largest absolute Gasteiger partial charge is 0.497 e. The van der Waals surface area contributed by atoms with Gasteiger partial charge in [0.05, 0.1) is 7.11 Å². The zero-order chi connectivity index (χ0) is 19.1. The average Bonchev–Trinajstić information content (AvgIpc) is 2.73. The van der Waals surface area contributed by atoms with Crippen LogP contribution in [0.15, 0.2) is 78.9 Å². The SMILES string of the molecule is COc1ccc([C@H](CCN[C@@H](C)c2ccccc2)c2ccc(F)cc2)cc1. The van der Waals surface area contributed by atoms with E-state index in [1.807, 2.05) is 30.3 Å². The van der Waals surface area contributed by atoms with Gasteiger partial charge in [-0.1, -0.05) is 54.6 Å². The molecule has 0 amide bonds. The van der Waals surface area contributed by atoms with E-state index in [-0.39, 0.29) is 17.8 Å². The second kappa shape index (κ2) is 9.33. The van der Waals surface area contributed by atoms with Crippen LogP contribution < -0.4 is 10.1 Å². The molecule has 0 saturated heterocycles. The summed E-state index contributed by atoms with van der Waals surface area (Å²) in [5.41, 5.74) is 3.60. The van der Waals surface area contributed by atoms with Gasteiger partial charge in [-0.15, -0.1) is 0 Å². The molecule has 0 aromatic heterocycles. The molecular formula is C24H26FNO. The molecule has 3 aromatic carbocycles. The molecule has 27 heavy (non-hydrogen) atoms. The highest BCUT2D eigenvalue weighted by Crippen LogP contribution is 2.29. The highest BCUT2D eigenvalue weighted by molar-refractivity contribution is 5.36. The third kappa shape index (κ3) is 5.18. The summed E-state index contributed by atoms with van der Waals surface area (Å²) in [5, 5.41) is 3.60. The van der Waals surface area contributed by atoms with Crippen molar-refractivity contribution in [3.05, 3.63) is 101 Å². The average molecular weight is 363 g/mol. The first-order valence-corrected chi connectivity index (χ1v) is 9.35. The Morgan fingerprint density at radius 3 is 2.00 bits per heavy atom. The lowest BCUT2D eigenvalue weighted by atomic mass is 9.88. The van der Waals surface area contributed by atoms with Crippen molar-refractivity contribution in [2.45, 2.75) is 25.3 Å². The molecule has 3 aromatic rings. The first kappa shape index (κ1) is 19.1. The molecule has 0 fully saturated rings. The van der Waals surface area contributed by atoms with Crippen molar-refractivity contribution < 1.29 is 9.13 Å². The van der Waals surface area contributed by atoms with Gasteiger partial charge in [0, 0.05) is 12.0 Å². The molecule has 0 aliphatic rings. The van der Waals surface area contributed by atoms with Gasteiger partial charge in [-0.05, 0) is 60.8 Å². The van der Waals surface area contributed by atoms with Gasteiger partial charge in [-0.2, -0.15) is 0 Å². The Kier molecular flexibility index (Phi) is 6.61. The van der Waals surface area contributed by atoms with Crippen LogP contribution in [-0.2, 0) is 0 Å². The molecule has 0 unspecified atom stereocenters. The number of halogens is 1. The van der Waals surface area contributed by atoms with Crippen molar-refractivity contribution in [1.82, 2.24) is 5.32 Å². The predicted molar refractivity (Wildman–Crippen MR) is 109 cm³/mol. The molecule has 3 heteroatoms. The van der Waals surface area contributed by atoms with Gasteiger partial charge in [-0.25, -0.2) is 4.39 Å². The number of benzene rings is 3. The minimum atomic E-state index is -0.206. The molecule has 140 valence electrons. The molecule has 0 spiro atoms. The van der Waals surface area contributed by atoms with Crippen molar-refractivity contribution >= 4 is 0 Å². The highest BCUT2D eigenvalue weighted by Gasteiger charge is 2.15. The van der Waals surface area contributed by atoms with Crippen molar-refractivity contribution in [2.24, 2.45) is 0 Å². The molecule has 0 radical (unpaired) electrons. The van der Waals surface area contributed by atoms with E-state index in [0.29, 0.717) is 0 Å². The topological polar surface area (TPSA) is 21.3 Å². The fraction of sp³-hybridized carbons (Fsp3) is 0.250. The van der Waals surface area contributed by atoms with E-state index < -0.39 is 0 Å². The second-order valence-corrected chi connectivity index (χ2v) is 6.75. The second-order valence-electron chi connectivity index (χ2n) is 6.75. The van der Waals surface area contributed by atoms with Gasteiger partial charge in [0.15, 0.2) is 0 Å². The monoisotopic (exact) mass is 363 g/mol. The first-order valence-electron chi connectivity index (χ1n) is 9.35. The first-order chi connectivity index (χ1) is 13.2. The van der Waals surface area contributed by atoms with E-state index in [4.69, 9.17) is 4.74 Å². The summed E-state index contributed by atoms with van der Waals surface area (Å²) in [4.78, 5) is 0. The van der Waals surface area contributed by atoms with E-state index in [1.54, 1.807) is 7.11 Å².